The quantitative estimate of drug-likeness (QED) is 0.673. The van der Waals surface area contributed by atoms with Gasteiger partial charge in [0.15, 0.2) is 0 Å². The topological polar surface area (TPSA) is 41.8 Å². The first-order valence-corrected chi connectivity index (χ1v) is 5.59. The lowest BCUT2D eigenvalue weighted by atomic mass is 9.92. The molecule has 78 valence electrons. The molecule has 1 aromatic heterocycles. The molecule has 0 aliphatic heterocycles. The number of H-pyrrole nitrogens is 1. The molecule has 2 nitrogen and oxygen atoms in total. The van der Waals surface area contributed by atoms with Crippen LogP contribution in [0.4, 0.5) is 0 Å². The van der Waals surface area contributed by atoms with Gasteiger partial charge in [0.2, 0.25) is 0 Å². The first-order valence-electron chi connectivity index (χ1n) is 5.59. The summed E-state index contributed by atoms with van der Waals surface area (Å²) in [5, 5.41) is 1.40. The highest BCUT2D eigenvalue weighted by Crippen LogP contribution is 2.29. The van der Waals surface area contributed by atoms with Gasteiger partial charge in [-0.15, -0.1) is 0 Å². The molecule has 1 aromatic carbocycles. The van der Waals surface area contributed by atoms with E-state index in [1.54, 1.807) is 0 Å². The standard InChI is InChI=1S/C13H16N2/c1-8-2-5-12-11(6-8)10-4-3-9(14)7-13(10)15-12/h2,5-6,9,15H,3-4,7,14H2,1H3/t9-/m0/s1. The zero-order chi connectivity index (χ0) is 10.4. The minimum atomic E-state index is 0.339. The van der Waals surface area contributed by atoms with Crippen LogP contribution in [0.15, 0.2) is 18.2 Å². The number of aryl methyl sites for hydroxylation is 2. The molecule has 0 saturated carbocycles. The lowest BCUT2D eigenvalue weighted by molar-refractivity contribution is 0.572. The van der Waals surface area contributed by atoms with Crippen molar-refractivity contribution in [3.8, 4) is 0 Å². The van der Waals surface area contributed by atoms with Crippen LogP contribution in [0.3, 0.4) is 0 Å². The van der Waals surface area contributed by atoms with Crippen molar-refractivity contribution in [1.29, 1.82) is 0 Å². The Morgan fingerprint density at radius 3 is 3.13 bits per heavy atom. The fraction of sp³-hybridized carbons (Fsp3) is 0.385. The maximum absolute atomic E-state index is 5.98. The summed E-state index contributed by atoms with van der Waals surface area (Å²) in [5.74, 6) is 0. The van der Waals surface area contributed by atoms with Gasteiger partial charge in [-0.2, -0.15) is 0 Å². The molecule has 1 atom stereocenters. The van der Waals surface area contributed by atoms with Gasteiger partial charge in [0.25, 0.3) is 0 Å². The molecule has 0 amide bonds. The first-order chi connectivity index (χ1) is 7.24. The molecule has 0 unspecified atom stereocenters. The van der Waals surface area contributed by atoms with Gasteiger partial charge in [0, 0.05) is 29.1 Å². The molecule has 0 radical (unpaired) electrons. The van der Waals surface area contributed by atoms with Gasteiger partial charge in [-0.25, -0.2) is 0 Å². The summed E-state index contributed by atoms with van der Waals surface area (Å²) in [5.41, 5.74) is 11.4. The van der Waals surface area contributed by atoms with Crippen molar-refractivity contribution >= 4 is 10.9 Å². The highest BCUT2D eigenvalue weighted by Gasteiger charge is 2.19. The Hall–Kier alpha value is -1.28. The van der Waals surface area contributed by atoms with E-state index in [-0.39, 0.29) is 0 Å². The Morgan fingerprint density at radius 2 is 2.27 bits per heavy atom. The predicted molar refractivity (Wildman–Crippen MR) is 63.0 cm³/mol. The molecule has 0 spiro atoms. The van der Waals surface area contributed by atoms with Crippen molar-refractivity contribution in [2.24, 2.45) is 5.73 Å². The van der Waals surface area contributed by atoms with Crippen LogP contribution in [0.2, 0.25) is 0 Å². The summed E-state index contributed by atoms with van der Waals surface area (Å²) in [6, 6.07) is 6.95. The summed E-state index contributed by atoms with van der Waals surface area (Å²) >= 11 is 0. The Morgan fingerprint density at radius 1 is 1.40 bits per heavy atom. The summed E-state index contributed by atoms with van der Waals surface area (Å²) in [7, 11) is 0. The highest BCUT2D eigenvalue weighted by atomic mass is 14.8. The van der Waals surface area contributed by atoms with Gasteiger partial charge in [0.05, 0.1) is 0 Å². The smallest absolute Gasteiger partial charge is 0.0459 e. The summed E-state index contributed by atoms with van der Waals surface area (Å²) in [4.78, 5) is 3.49. The number of nitrogens with one attached hydrogen (secondary N) is 1. The number of aromatic amines is 1. The van der Waals surface area contributed by atoms with Crippen LogP contribution in [0, 0.1) is 6.92 Å². The van der Waals surface area contributed by atoms with E-state index >= 15 is 0 Å². The summed E-state index contributed by atoms with van der Waals surface area (Å²) < 4.78 is 0. The second kappa shape index (κ2) is 3.11. The molecule has 2 aromatic rings. The molecule has 0 bridgehead atoms. The van der Waals surface area contributed by atoms with Crippen LogP contribution < -0.4 is 5.73 Å². The van der Waals surface area contributed by atoms with Crippen LogP contribution in [0.1, 0.15) is 23.2 Å². The van der Waals surface area contributed by atoms with Crippen LogP contribution in [0.5, 0.6) is 0 Å². The first kappa shape index (κ1) is 8.98. The van der Waals surface area contributed by atoms with Gasteiger partial charge in [0.1, 0.15) is 0 Å². The Kier molecular flexibility index (Phi) is 1.86. The Bertz CT molecular complexity index is 510. The number of benzene rings is 1. The zero-order valence-corrected chi connectivity index (χ0v) is 9.01. The third-order valence-corrected chi connectivity index (χ3v) is 3.38. The molecular formula is C13H16N2. The maximum Gasteiger partial charge on any atom is 0.0459 e. The van der Waals surface area contributed by atoms with E-state index in [0.29, 0.717) is 6.04 Å². The van der Waals surface area contributed by atoms with Crippen LogP contribution >= 0.6 is 0 Å². The van der Waals surface area contributed by atoms with Gasteiger partial charge in [-0.3, -0.25) is 0 Å². The second-order valence-corrected chi connectivity index (χ2v) is 4.63. The molecule has 0 fully saturated rings. The van der Waals surface area contributed by atoms with Gasteiger partial charge < -0.3 is 10.7 Å². The molecule has 3 rings (SSSR count). The fourth-order valence-corrected chi connectivity index (χ4v) is 2.57. The third-order valence-electron chi connectivity index (χ3n) is 3.38. The molecule has 3 N–H and O–H groups in total. The van der Waals surface area contributed by atoms with Gasteiger partial charge in [-0.05, 0) is 37.5 Å². The van der Waals surface area contributed by atoms with E-state index in [2.05, 4.69) is 30.1 Å². The van der Waals surface area contributed by atoms with Gasteiger partial charge in [-0.1, -0.05) is 11.6 Å². The molecule has 2 heteroatoms. The molecular weight excluding hydrogens is 184 g/mol. The summed E-state index contributed by atoms with van der Waals surface area (Å²) in [6.45, 7) is 2.15. The summed E-state index contributed by atoms with van der Waals surface area (Å²) in [6.07, 6.45) is 3.25. The number of hydrogen-bond acceptors (Lipinski definition) is 1. The highest BCUT2D eigenvalue weighted by molar-refractivity contribution is 5.85. The van der Waals surface area contributed by atoms with E-state index in [4.69, 9.17) is 5.73 Å². The van der Waals surface area contributed by atoms with E-state index in [0.717, 1.165) is 19.3 Å². The van der Waals surface area contributed by atoms with Crippen LogP contribution in [-0.4, -0.2) is 11.0 Å². The van der Waals surface area contributed by atoms with E-state index in [1.165, 1.54) is 27.7 Å². The molecule has 1 aliphatic rings. The normalized spacial score (nSPS) is 20.5. The number of aromatic nitrogens is 1. The minimum Gasteiger partial charge on any atom is -0.358 e. The van der Waals surface area contributed by atoms with E-state index in [1.807, 2.05) is 0 Å². The number of rotatable bonds is 0. The van der Waals surface area contributed by atoms with Crippen molar-refractivity contribution in [2.75, 3.05) is 0 Å². The van der Waals surface area contributed by atoms with Gasteiger partial charge >= 0.3 is 0 Å². The lowest BCUT2D eigenvalue weighted by Gasteiger charge is -2.17. The monoisotopic (exact) mass is 200 g/mol. The third kappa shape index (κ3) is 1.37. The number of hydrogen-bond donors (Lipinski definition) is 2. The van der Waals surface area contributed by atoms with E-state index in [9.17, 15) is 0 Å². The molecule has 0 saturated heterocycles. The zero-order valence-electron chi connectivity index (χ0n) is 9.01. The maximum atomic E-state index is 5.98. The van der Waals surface area contributed by atoms with Crippen molar-refractivity contribution in [2.45, 2.75) is 32.2 Å². The van der Waals surface area contributed by atoms with Crippen LogP contribution in [0.25, 0.3) is 10.9 Å². The lowest BCUT2D eigenvalue weighted by Crippen LogP contribution is -2.27. The van der Waals surface area contributed by atoms with Crippen molar-refractivity contribution in [3.05, 3.63) is 35.0 Å². The average molecular weight is 200 g/mol. The van der Waals surface area contributed by atoms with Crippen molar-refractivity contribution in [1.82, 2.24) is 4.98 Å². The Balaban J connectivity index is 2.24. The fourth-order valence-electron chi connectivity index (χ4n) is 2.57. The molecule has 1 heterocycles. The largest absolute Gasteiger partial charge is 0.358 e. The Labute approximate surface area is 89.5 Å². The van der Waals surface area contributed by atoms with Crippen molar-refractivity contribution < 1.29 is 0 Å². The average Bonchev–Trinajstić information content (AvgIpc) is 2.54. The minimum absolute atomic E-state index is 0.339. The SMILES string of the molecule is Cc1ccc2[nH]c3c(c2c1)CC[C@H](N)C3. The number of nitrogens with two attached hydrogens (primary N) is 1. The van der Waals surface area contributed by atoms with Crippen LogP contribution in [-0.2, 0) is 12.8 Å². The second-order valence-electron chi connectivity index (χ2n) is 4.63. The van der Waals surface area contributed by atoms with E-state index < -0.39 is 0 Å². The molecule has 1 aliphatic carbocycles. The predicted octanol–water partition coefficient (Wildman–Crippen LogP) is 2.29. The van der Waals surface area contributed by atoms with Crippen molar-refractivity contribution in [3.63, 3.8) is 0 Å². The number of fused-ring (bicyclic) bond motifs is 3. The molecule has 15 heavy (non-hydrogen) atoms.